The van der Waals surface area contributed by atoms with Crippen molar-refractivity contribution < 1.29 is 0 Å². The minimum absolute atomic E-state index is 0.00340. The molecule has 0 saturated heterocycles. The van der Waals surface area contributed by atoms with E-state index in [1.165, 1.54) is 5.56 Å². The Bertz CT molecular complexity index is 1040. The summed E-state index contributed by atoms with van der Waals surface area (Å²) in [6.07, 6.45) is 2.89. The lowest BCUT2D eigenvalue weighted by Gasteiger charge is -2.28. The molecular formula is C22H27N5O. The van der Waals surface area contributed by atoms with Gasteiger partial charge in [-0.25, -0.2) is 9.67 Å². The van der Waals surface area contributed by atoms with Gasteiger partial charge in [0.2, 0.25) is 0 Å². The average Bonchev–Trinajstić information content (AvgIpc) is 3.02. The van der Waals surface area contributed by atoms with Crippen molar-refractivity contribution in [3.05, 3.63) is 75.2 Å². The normalized spacial score (nSPS) is 14.9. The maximum atomic E-state index is 12.6. The number of para-hydroxylation sites is 1. The summed E-state index contributed by atoms with van der Waals surface area (Å²) in [7, 11) is 0. The summed E-state index contributed by atoms with van der Waals surface area (Å²) in [6.45, 7) is 10.5. The second kappa shape index (κ2) is 7.02. The number of fused-ring (bicyclic) bond motifs is 1. The summed E-state index contributed by atoms with van der Waals surface area (Å²) in [4.78, 5) is 22.7. The van der Waals surface area contributed by atoms with Gasteiger partial charge in [0.1, 0.15) is 5.82 Å². The van der Waals surface area contributed by atoms with Crippen molar-refractivity contribution in [3.63, 3.8) is 0 Å². The van der Waals surface area contributed by atoms with Gasteiger partial charge in [0.25, 0.3) is 5.56 Å². The van der Waals surface area contributed by atoms with Gasteiger partial charge in [-0.3, -0.25) is 9.69 Å². The highest BCUT2D eigenvalue weighted by molar-refractivity contribution is 5.32. The van der Waals surface area contributed by atoms with Gasteiger partial charge in [-0.05, 0) is 19.1 Å². The Morgan fingerprint density at radius 1 is 1.18 bits per heavy atom. The first-order valence-corrected chi connectivity index (χ1v) is 9.77. The number of aryl methyl sites for hydroxylation is 1. The first-order chi connectivity index (χ1) is 13.3. The van der Waals surface area contributed by atoms with Crippen molar-refractivity contribution in [1.82, 2.24) is 24.6 Å². The second-order valence-corrected chi connectivity index (χ2v) is 8.57. The molecule has 146 valence electrons. The topological polar surface area (TPSA) is 66.8 Å². The minimum atomic E-state index is -0.158. The fourth-order valence-corrected chi connectivity index (χ4v) is 3.58. The number of H-pyrrole nitrogens is 1. The van der Waals surface area contributed by atoms with Gasteiger partial charge in [0, 0.05) is 43.2 Å². The number of aromatic nitrogens is 4. The summed E-state index contributed by atoms with van der Waals surface area (Å²) >= 11 is 0. The van der Waals surface area contributed by atoms with Gasteiger partial charge in [0.05, 0.1) is 22.6 Å². The number of hydrogen-bond donors (Lipinski definition) is 1. The number of benzene rings is 1. The molecule has 3 heterocycles. The van der Waals surface area contributed by atoms with Crippen LogP contribution in [0.1, 0.15) is 49.1 Å². The molecule has 0 fully saturated rings. The zero-order valence-corrected chi connectivity index (χ0v) is 17.0. The van der Waals surface area contributed by atoms with Crippen molar-refractivity contribution in [3.8, 4) is 5.69 Å². The van der Waals surface area contributed by atoms with E-state index in [1.807, 2.05) is 41.9 Å². The molecule has 3 aromatic rings. The van der Waals surface area contributed by atoms with Crippen LogP contribution in [0.2, 0.25) is 0 Å². The molecule has 1 N–H and O–H groups in total. The fraction of sp³-hybridized carbons (Fsp3) is 0.409. The van der Waals surface area contributed by atoms with Crippen LogP contribution in [0.5, 0.6) is 0 Å². The van der Waals surface area contributed by atoms with E-state index >= 15 is 0 Å². The monoisotopic (exact) mass is 377 g/mol. The summed E-state index contributed by atoms with van der Waals surface area (Å²) in [5.41, 5.74) is 4.84. The lowest BCUT2D eigenvalue weighted by molar-refractivity contribution is 0.240. The Kier molecular flexibility index (Phi) is 4.67. The third-order valence-electron chi connectivity index (χ3n) is 5.27. The number of nitrogens with zero attached hydrogens (tertiary/aromatic N) is 4. The molecule has 28 heavy (non-hydrogen) atoms. The van der Waals surface area contributed by atoms with E-state index in [-0.39, 0.29) is 11.0 Å². The van der Waals surface area contributed by atoms with E-state index in [0.29, 0.717) is 6.54 Å². The zero-order valence-electron chi connectivity index (χ0n) is 17.0. The fourth-order valence-electron chi connectivity index (χ4n) is 3.58. The number of rotatable bonds is 3. The van der Waals surface area contributed by atoms with E-state index in [9.17, 15) is 4.79 Å². The van der Waals surface area contributed by atoms with E-state index in [2.05, 4.69) is 42.0 Å². The Morgan fingerprint density at radius 3 is 2.64 bits per heavy atom. The smallest absolute Gasteiger partial charge is 0.255 e. The van der Waals surface area contributed by atoms with Gasteiger partial charge in [-0.15, -0.1) is 0 Å². The van der Waals surface area contributed by atoms with Crippen LogP contribution in [0.3, 0.4) is 0 Å². The highest BCUT2D eigenvalue weighted by atomic mass is 16.1. The van der Waals surface area contributed by atoms with Crippen molar-refractivity contribution >= 4 is 0 Å². The Labute approximate surface area is 165 Å². The Hall–Kier alpha value is -2.73. The predicted octanol–water partition coefficient (Wildman–Crippen LogP) is 3.12. The van der Waals surface area contributed by atoms with Crippen LogP contribution in [0.4, 0.5) is 0 Å². The van der Waals surface area contributed by atoms with Crippen molar-refractivity contribution in [1.29, 1.82) is 0 Å². The molecule has 1 aliphatic heterocycles. The summed E-state index contributed by atoms with van der Waals surface area (Å²) in [5, 5.41) is 4.66. The molecule has 2 aromatic heterocycles. The molecule has 1 aromatic carbocycles. The van der Waals surface area contributed by atoms with Crippen molar-refractivity contribution in [2.24, 2.45) is 0 Å². The number of hydrogen-bond acceptors (Lipinski definition) is 4. The average molecular weight is 377 g/mol. The van der Waals surface area contributed by atoms with Gasteiger partial charge in [-0.1, -0.05) is 39.0 Å². The van der Waals surface area contributed by atoms with Gasteiger partial charge >= 0.3 is 0 Å². The van der Waals surface area contributed by atoms with Crippen molar-refractivity contribution in [2.75, 3.05) is 6.54 Å². The highest BCUT2D eigenvalue weighted by Crippen LogP contribution is 2.22. The Balaban J connectivity index is 1.55. The van der Waals surface area contributed by atoms with Crippen LogP contribution >= 0.6 is 0 Å². The van der Waals surface area contributed by atoms with Crippen LogP contribution in [-0.2, 0) is 24.9 Å². The molecule has 6 nitrogen and oxygen atoms in total. The van der Waals surface area contributed by atoms with Crippen LogP contribution in [0.15, 0.2) is 41.3 Å². The predicted molar refractivity (Wildman–Crippen MR) is 110 cm³/mol. The number of aromatic amines is 1. The van der Waals surface area contributed by atoms with Crippen LogP contribution in [0, 0.1) is 6.92 Å². The maximum absolute atomic E-state index is 12.6. The first kappa shape index (κ1) is 18.6. The second-order valence-electron chi connectivity index (χ2n) is 8.57. The lowest BCUT2D eigenvalue weighted by atomic mass is 9.95. The molecule has 0 saturated carbocycles. The van der Waals surface area contributed by atoms with Gasteiger partial charge in [0.15, 0.2) is 0 Å². The third kappa shape index (κ3) is 3.64. The van der Waals surface area contributed by atoms with Crippen molar-refractivity contribution in [2.45, 2.75) is 52.6 Å². The standard InChI is InChI=1S/C22H27N5O/c1-15-16(13-27(25-15)17-8-6-5-7-9-17)12-26-11-10-19-18(14-26)20(28)24-21(23-19)22(2,3)4/h5-9,13H,10-12,14H2,1-4H3,(H,23,24,28). The Morgan fingerprint density at radius 2 is 1.93 bits per heavy atom. The quantitative estimate of drug-likeness (QED) is 0.762. The molecule has 0 unspecified atom stereocenters. The summed E-state index contributed by atoms with van der Waals surface area (Å²) < 4.78 is 1.92. The molecule has 0 spiro atoms. The minimum Gasteiger partial charge on any atom is -0.310 e. The summed E-state index contributed by atoms with van der Waals surface area (Å²) in [5.74, 6) is 0.768. The van der Waals surface area contributed by atoms with Crippen LogP contribution < -0.4 is 5.56 Å². The largest absolute Gasteiger partial charge is 0.310 e. The SMILES string of the molecule is Cc1nn(-c2ccccc2)cc1CN1CCc2nc(C(C)(C)C)[nH]c(=O)c2C1. The third-order valence-corrected chi connectivity index (χ3v) is 5.27. The zero-order chi connectivity index (χ0) is 19.9. The summed E-state index contributed by atoms with van der Waals surface area (Å²) in [6, 6.07) is 10.1. The molecule has 0 atom stereocenters. The molecule has 1 aliphatic rings. The first-order valence-electron chi connectivity index (χ1n) is 9.77. The van der Waals surface area contributed by atoms with Crippen LogP contribution in [0.25, 0.3) is 5.69 Å². The highest BCUT2D eigenvalue weighted by Gasteiger charge is 2.25. The molecule has 0 amide bonds. The molecule has 0 radical (unpaired) electrons. The van der Waals surface area contributed by atoms with E-state index in [4.69, 9.17) is 4.98 Å². The molecule has 6 heteroatoms. The maximum Gasteiger partial charge on any atom is 0.255 e. The lowest BCUT2D eigenvalue weighted by Crippen LogP contribution is -2.37. The van der Waals surface area contributed by atoms with Gasteiger partial charge in [-0.2, -0.15) is 5.10 Å². The van der Waals surface area contributed by atoms with E-state index < -0.39 is 0 Å². The molecule has 4 rings (SSSR count). The number of nitrogens with one attached hydrogen (secondary N) is 1. The van der Waals surface area contributed by atoms with E-state index in [1.54, 1.807) is 0 Å². The van der Waals surface area contributed by atoms with Gasteiger partial charge < -0.3 is 4.98 Å². The molecule has 0 bridgehead atoms. The molecular weight excluding hydrogens is 350 g/mol. The van der Waals surface area contributed by atoms with Crippen LogP contribution in [-0.4, -0.2) is 31.2 Å². The molecule has 0 aliphatic carbocycles. The van der Waals surface area contributed by atoms with E-state index in [0.717, 1.165) is 48.0 Å².